The number of hydrogen-bond donors (Lipinski definition) is 2. The number of anilines is 2. The third kappa shape index (κ3) is 4.41. The normalized spacial score (nSPS) is 18.4. The first kappa shape index (κ1) is 23.9. The van der Waals surface area contributed by atoms with Gasteiger partial charge in [-0.2, -0.15) is 0 Å². The number of benzene rings is 4. The van der Waals surface area contributed by atoms with Crippen molar-refractivity contribution in [3.63, 3.8) is 0 Å². The summed E-state index contributed by atoms with van der Waals surface area (Å²) in [6.07, 6.45) is 1.16. The van der Waals surface area contributed by atoms with Gasteiger partial charge in [0.15, 0.2) is 17.3 Å². The van der Waals surface area contributed by atoms with Crippen molar-refractivity contribution in [2.45, 2.75) is 24.8 Å². The topological polar surface area (TPSA) is 59.6 Å². The van der Waals surface area contributed by atoms with Crippen LogP contribution in [0.4, 0.5) is 11.4 Å². The van der Waals surface area contributed by atoms with Gasteiger partial charge in [-0.1, -0.05) is 72.8 Å². The van der Waals surface area contributed by atoms with Crippen molar-refractivity contribution in [3.8, 4) is 22.6 Å². The zero-order valence-corrected chi connectivity index (χ0v) is 21.5. The van der Waals surface area contributed by atoms with E-state index in [1.54, 1.807) is 14.2 Å². The van der Waals surface area contributed by atoms with Crippen molar-refractivity contribution < 1.29 is 14.3 Å². The molecule has 2 atom stereocenters. The van der Waals surface area contributed by atoms with Gasteiger partial charge in [0.25, 0.3) is 0 Å². The van der Waals surface area contributed by atoms with Gasteiger partial charge in [-0.3, -0.25) is 4.79 Å². The molecule has 1 aliphatic carbocycles. The highest BCUT2D eigenvalue weighted by atomic mass is 16.5. The predicted octanol–water partition coefficient (Wildman–Crippen LogP) is 7.35. The second-order valence-electron chi connectivity index (χ2n) is 9.77. The maximum atomic E-state index is 13.9. The van der Waals surface area contributed by atoms with E-state index in [1.807, 2.05) is 48.5 Å². The summed E-state index contributed by atoms with van der Waals surface area (Å²) >= 11 is 0. The quantitative estimate of drug-likeness (QED) is 0.299. The van der Waals surface area contributed by atoms with Gasteiger partial charge in [0.05, 0.1) is 31.6 Å². The minimum absolute atomic E-state index is 0.0416. The summed E-state index contributed by atoms with van der Waals surface area (Å²) in [4.78, 5) is 13.9. The average molecular weight is 503 g/mol. The van der Waals surface area contributed by atoms with Crippen LogP contribution in [0.5, 0.6) is 11.5 Å². The molecule has 5 heteroatoms. The summed E-state index contributed by atoms with van der Waals surface area (Å²) in [7, 11) is 3.27. The lowest BCUT2D eigenvalue weighted by Gasteiger charge is -2.30. The Balaban J connectivity index is 1.39. The van der Waals surface area contributed by atoms with Gasteiger partial charge in [0.1, 0.15) is 0 Å². The molecule has 5 nitrogen and oxygen atoms in total. The average Bonchev–Trinajstić information content (AvgIpc) is 3.14. The van der Waals surface area contributed by atoms with Crippen LogP contribution in [0.15, 0.2) is 108 Å². The Morgan fingerprint density at radius 3 is 2.08 bits per heavy atom. The van der Waals surface area contributed by atoms with E-state index < -0.39 is 0 Å². The molecule has 0 fully saturated rings. The maximum Gasteiger partial charge on any atom is 0.163 e. The minimum atomic E-state index is -0.246. The molecule has 190 valence electrons. The molecule has 0 spiro atoms. The molecule has 4 aromatic carbocycles. The highest BCUT2D eigenvalue weighted by Crippen LogP contribution is 2.45. The highest BCUT2D eigenvalue weighted by molar-refractivity contribution is 6.01. The van der Waals surface area contributed by atoms with Crippen molar-refractivity contribution in [2.24, 2.45) is 0 Å². The van der Waals surface area contributed by atoms with E-state index in [1.165, 1.54) is 5.56 Å². The van der Waals surface area contributed by atoms with Crippen molar-refractivity contribution in [1.82, 2.24) is 0 Å². The standard InChI is InChI=1S/C33H30N2O3/c1-37-30-17-16-24(20-31(30)38-2)25-18-28-32(29(36)19-25)33(35-27-11-7-6-10-26(27)34-28)23-14-12-22(13-15-23)21-8-4-3-5-9-21/h3-17,20,25,33-35H,18-19H2,1-2H3/t25-,33-/m1/s1. The largest absolute Gasteiger partial charge is 0.493 e. The lowest BCUT2D eigenvalue weighted by Crippen LogP contribution is -2.26. The Bertz CT molecular complexity index is 1510. The van der Waals surface area contributed by atoms with Crippen molar-refractivity contribution in [2.75, 3.05) is 24.9 Å². The Kier molecular flexibility index (Phi) is 6.34. The number of methoxy groups -OCH3 is 2. The summed E-state index contributed by atoms with van der Waals surface area (Å²) in [5, 5.41) is 7.29. The SMILES string of the molecule is COc1ccc([C@H]2CC(=O)C3=C(C2)Nc2ccccc2N[C@@H]3c2ccc(-c3ccccc3)cc2)cc1OC. The molecular weight excluding hydrogens is 472 g/mol. The molecule has 0 bridgehead atoms. The summed E-state index contributed by atoms with van der Waals surface area (Å²) in [5.74, 6) is 1.55. The van der Waals surface area contributed by atoms with Crippen LogP contribution in [0.3, 0.4) is 0 Å². The van der Waals surface area contributed by atoms with Gasteiger partial charge in [0, 0.05) is 17.7 Å². The molecule has 1 heterocycles. The molecule has 4 aromatic rings. The molecule has 0 radical (unpaired) electrons. The number of fused-ring (bicyclic) bond motifs is 1. The van der Waals surface area contributed by atoms with E-state index >= 15 is 0 Å². The van der Waals surface area contributed by atoms with E-state index in [9.17, 15) is 4.79 Å². The number of nitrogens with one attached hydrogen (secondary N) is 2. The fraction of sp³-hybridized carbons (Fsp3) is 0.182. The summed E-state index contributed by atoms with van der Waals surface area (Å²) in [5.41, 5.74) is 8.19. The molecule has 2 aliphatic rings. The van der Waals surface area contributed by atoms with Crippen LogP contribution in [0.2, 0.25) is 0 Å². The number of carbonyl (C=O) groups excluding carboxylic acids is 1. The summed E-state index contributed by atoms with van der Waals surface area (Å²) in [6, 6.07) is 32.7. The third-order valence-electron chi connectivity index (χ3n) is 7.54. The molecule has 6 rings (SSSR count). The molecule has 0 saturated heterocycles. The minimum Gasteiger partial charge on any atom is -0.493 e. The number of rotatable bonds is 5. The van der Waals surface area contributed by atoms with Crippen LogP contribution < -0.4 is 20.1 Å². The van der Waals surface area contributed by atoms with E-state index in [-0.39, 0.29) is 17.7 Å². The zero-order chi connectivity index (χ0) is 26.1. The summed E-state index contributed by atoms with van der Waals surface area (Å²) in [6.45, 7) is 0. The smallest absolute Gasteiger partial charge is 0.163 e. The molecule has 38 heavy (non-hydrogen) atoms. The zero-order valence-electron chi connectivity index (χ0n) is 21.5. The molecule has 0 saturated carbocycles. The fourth-order valence-electron chi connectivity index (χ4n) is 5.58. The summed E-state index contributed by atoms with van der Waals surface area (Å²) < 4.78 is 11.0. The number of ether oxygens (including phenoxy) is 2. The van der Waals surface area contributed by atoms with Crippen LogP contribution >= 0.6 is 0 Å². The maximum absolute atomic E-state index is 13.9. The van der Waals surface area contributed by atoms with Crippen LogP contribution in [0, 0.1) is 0 Å². The van der Waals surface area contributed by atoms with Crippen molar-refractivity contribution >= 4 is 17.2 Å². The van der Waals surface area contributed by atoms with E-state index in [0.29, 0.717) is 17.9 Å². The first-order valence-electron chi connectivity index (χ1n) is 12.9. The Labute approximate surface area is 223 Å². The van der Waals surface area contributed by atoms with Gasteiger partial charge in [-0.05, 0) is 58.9 Å². The highest BCUT2D eigenvalue weighted by Gasteiger charge is 2.36. The molecule has 0 aromatic heterocycles. The molecular formula is C33H30N2O3. The Morgan fingerprint density at radius 2 is 1.34 bits per heavy atom. The molecule has 0 unspecified atom stereocenters. The lowest BCUT2D eigenvalue weighted by atomic mass is 9.78. The van der Waals surface area contributed by atoms with Crippen molar-refractivity contribution in [3.05, 3.63) is 119 Å². The van der Waals surface area contributed by atoms with Crippen molar-refractivity contribution in [1.29, 1.82) is 0 Å². The van der Waals surface area contributed by atoms with Crippen LogP contribution in [-0.2, 0) is 4.79 Å². The second kappa shape index (κ2) is 10.1. The number of para-hydroxylation sites is 2. The first-order valence-corrected chi connectivity index (χ1v) is 12.9. The van der Waals surface area contributed by atoms with Crippen LogP contribution in [0.25, 0.3) is 11.1 Å². The number of allylic oxidation sites excluding steroid dienone is 1. The van der Waals surface area contributed by atoms with E-state index in [2.05, 4.69) is 59.2 Å². The van der Waals surface area contributed by atoms with Gasteiger partial charge in [-0.25, -0.2) is 0 Å². The van der Waals surface area contributed by atoms with Gasteiger partial charge < -0.3 is 20.1 Å². The van der Waals surface area contributed by atoms with Gasteiger partial charge in [-0.15, -0.1) is 0 Å². The molecule has 0 amide bonds. The first-order chi connectivity index (χ1) is 18.6. The Hall–Kier alpha value is -4.51. The fourth-order valence-corrected chi connectivity index (χ4v) is 5.58. The van der Waals surface area contributed by atoms with E-state index in [0.717, 1.165) is 45.8 Å². The van der Waals surface area contributed by atoms with Crippen LogP contribution in [-0.4, -0.2) is 20.0 Å². The predicted molar refractivity (Wildman–Crippen MR) is 152 cm³/mol. The van der Waals surface area contributed by atoms with E-state index in [4.69, 9.17) is 9.47 Å². The number of ketones is 1. The third-order valence-corrected chi connectivity index (χ3v) is 7.54. The van der Waals surface area contributed by atoms with Crippen LogP contribution in [0.1, 0.15) is 35.9 Å². The number of Topliss-reactive ketones (excluding diaryl/α,β-unsaturated/α-hetero) is 1. The number of carbonyl (C=O) groups is 1. The Morgan fingerprint density at radius 1 is 0.684 bits per heavy atom. The van der Waals surface area contributed by atoms with Gasteiger partial charge >= 0.3 is 0 Å². The second-order valence-corrected chi connectivity index (χ2v) is 9.77. The lowest BCUT2D eigenvalue weighted by molar-refractivity contribution is -0.116. The number of hydrogen-bond acceptors (Lipinski definition) is 5. The van der Waals surface area contributed by atoms with Gasteiger partial charge in [0.2, 0.25) is 0 Å². The molecule has 2 N–H and O–H groups in total. The monoisotopic (exact) mass is 502 g/mol. The molecule has 1 aliphatic heterocycles.